The minimum Gasteiger partial charge on any atom is -0.498 e. The van der Waals surface area contributed by atoms with E-state index in [0.29, 0.717) is 17.8 Å². The lowest BCUT2D eigenvalue weighted by Gasteiger charge is -2.29. The van der Waals surface area contributed by atoms with Gasteiger partial charge in [0.2, 0.25) is 0 Å². The summed E-state index contributed by atoms with van der Waals surface area (Å²) in [6.07, 6.45) is 10.8. The summed E-state index contributed by atoms with van der Waals surface area (Å²) in [7, 11) is 0. The van der Waals surface area contributed by atoms with Gasteiger partial charge in [0.1, 0.15) is 0 Å². The smallest absolute Gasteiger partial charge is 0.0924 e. The largest absolute Gasteiger partial charge is 0.498 e. The van der Waals surface area contributed by atoms with Gasteiger partial charge < -0.3 is 14.6 Å². The third-order valence-corrected chi connectivity index (χ3v) is 4.87. The highest BCUT2D eigenvalue weighted by Gasteiger charge is 2.32. The van der Waals surface area contributed by atoms with E-state index in [1.54, 1.807) is 0 Å². The van der Waals surface area contributed by atoms with E-state index in [0.717, 1.165) is 57.2 Å². The van der Waals surface area contributed by atoms with Crippen molar-refractivity contribution in [2.75, 3.05) is 26.4 Å². The average Bonchev–Trinajstić information content (AvgIpc) is 2.93. The first-order valence-corrected chi connectivity index (χ1v) is 7.52. The predicted molar refractivity (Wildman–Crippen MR) is 73.5 cm³/mol. The van der Waals surface area contributed by atoms with E-state index >= 15 is 0 Å². The molecule has 0 amide bonds. The molecule has 3 nitrogen and oxygen atoms in total. The predicted octanol–water partition coefficient (Wildman–Crippen LogP) is 2.52. The maximum atomic E-state index is 9.40. The maximum absolute atomic E-state index is 9.40. The fraction of sp³-hybridized carbons (Fsp3) is 0.750. The van der Waals surface area contributed by atoms with E-state index in [9.17, 15) is 5.11 Å². The zero-order chi connectivity index (χ0) is 13.1. The van der Waals surface area contributed by atoms with Crippen LogP contribution in [0.5, 0.6) is 0 Å². The van der Waals surface area contributed by atoms with Crippen LogP contribution in [0.15, 0.2) is 24.0 Å². The van der Waals surface area contributed by atoms with Crippen LogP contribution < -0.4 is 0 Å². The van der Waals surface area contributed by atoms with Gasteiger partial charge in [-0.2, -0.15) is 0 Å². The van der Waals surface area contributed by atoms with Gasteiger partial charge in [0.15, 0.2) is 0 Å². The molecule has 19 heavy (non-hydrogen) atoms. The molecule has 106 valence electrons. The second-order valence-electron chi connectivity index (χ2n) is 6.12. The number of hydrogen-bond donors (Lipinski definition) is 1. The summed E-state index contributed by atoms with van der Waals surface area (Å²) >= 11 is 0. The van der Waals surface area contributed by atoms with Crippen molar-refractivity contribution in [3.8, 4) is 0 Å². The third kappa shape index (κ3) is 3.03. The van der Waals surface area contributed by atoms with Gasteiger partial charge in [0.05, 0.1) is 25.6 Å². The van der Waals surface area contributed by atoms with E-state index in [-0.39, 0.29) is 6.61 Å². The van der Waals surface area contributed by atoms with Crippen LogP contribution in [-0.4, -0.2) is 31.5 Å². The van der Waals surface area contributed by atoms with Crippen molar-refractivity contribution in [2.45, 2.75) is 25.7 Å². The highest BCUT2D eigenvalue weighted by atomic mass is 16.5. The van der Waals surface area contributed by atoms with Crippen molar-refractivity contribution in [3.05, 3.63) is 24.0 Å². The van der Waals surface area contributed by atoms with Gasteiger partial charge in [-0.15, -0.1) is 0 Å². The van der Waals surface area contributed by atoms with E-state index in [1.807, 2.05) is 0 Å². The van der Waals surface area contributed by atoms with E-state index in [4.69, 9.17) is 9.47 Å². The molecular formula is C16H24O3. The standard InChI is InChI=1S/C16H24O3/c17-8-12-3-1-2-4-13(12)11-19-16-6-5-14-9-18-10-15(14)7-16/h1-2,6,12-15,17H,3-5,7-11H2. The molecule has 0 saturated carbocycles. The lowest BCUT2D eigenvalue weighted by Crippen LogP contribution is -2.25. The second kappa shape index (κ2) is 6.10. The molecule has 0 aromatic carbocycles. The minimum absolute atomic E-state index is 0.274. The van der Waals surface area contributed by atoms with Gasteiger partial charge in [-0.05, 0) is 43.1 Å². The Bertz CT molecular complexity index is 361. The molecular weight excluding hydrogens is 240 g/mol. The number of aliphatic hydroxyl groups is 1. The van der Waals surface area contributed by atoms with Crippen molar-refractivity contribution >= 4 is 0 Å². The molecule has 3 rings (SSSR count). The van der Waals surface area contributed by atoms with Crippen LogP contribution in [0.2, 0.25) is 0 Å². The fourth-order valence-corrected chi connectivity index (χ4v) is 3.44. The van der Waals surface area contributed by atoms with Gasteiger partial charge in [0.25, 0.3) is 0 Å². The Morgan fingerprint density at radius 1 is 1.11 bits per heavy atom. The Balaban J connectivity index is 1.50. The molecule has 0 spiro atoms. The van der Waals surface area contributed by atoms with Crippen LogP contribution in [-0.2, 0) is 9.47 Å². The SMILES string of the molecule is OCC1CC=CCC1COC1=CCC2COCC2C1. The normalized spacial score (nSPS) is 37.8. The van der Waals surface area contributed by atoms with E-state index in [1.165, 1.54) is 0 Å². The Kier molecular flexibility index (Phi) is 4.24. The minimum atomic E-state index is 0.274. The van der Waals surface area contributed by atoms with Crippen molar-refractivity contribution in [3.63, 3.8) is 0 Å². The monoisotopic (exact) mass is 264 g/mol. The van der Waals surface area contributed by atoms with Gasteiger partial charge in [0, 0.05) is 18.9 Å². The topological polar surface area (TPSA) is 38.7 Å². The molecule has 1 N–H and O–H groups in total. The summed E-state index contributed by atoms with van der Waals surface area (Å²) in [5.74, 6) is 3.37. The van der Waals surface area contributed by atoms with Crippen LogP contribution >= 0.6 is 0 Å². The van der Waals surface area contributed by atoms with Crippen molar-refractivity contribution in [1.82, 2.24) is 0 Å². The molecule has 4 unspecified atom stereocenters. The number of ether oxygens (including phenoxy) is 2. The molecule has 1 aliphatic heterocycles. The van der Waals surface area contributed by atoms with Gasteiger partial charge in [-0.3, -0.25) is 0 Å². The van der Waals surface area contributed by atoms with Crippen molar-refractivity contribution in [1.29, 1.82) is 0 Å². The summed E-state index contributed by atoms with van der Waals surface area (Å²) in [6.45, 7) is 2.85. The van der Waals surface area contributed by atoms with E-state index in [2.05, 4.69) is 18.2 Å². The molecule has 0 aromatic rings. The molecule has 2 aliphatic carbocycles. The molecule has 0 aromatic heterocycles. The number of allylic oxidation sites excluding steroid dienone is 4. The molecule has 0 bridgehead atoms. The fourth-order valence-electron chi connectivity index (χ4n) is 3.44. The number of fused-ring (bicyclic) bond motifs is 1. The van der Waals surface area contributed by atoms with Crippen LogP contribution in [0, 0.1) is 23.7 Å². The average molecular weight is 264 g/mol. The first kappa shape index (κ1) is 13.2. The highest BCUT2D eigenvalue weighted by molar-refractivity contribution is 5.04. The van der Waals surface area contributed by atoms with Crippen molar-refractivity contribution in [2.24, 2.45) is 23.7 Å². The number of aliphatic hydroxyl groups excluding tert-OH is 1. The van der Waals surface area contributed by atoms with Crippen LogP contribution in [0.3, 0.4) is 0 Å². The van der Waals surface area contributed by atoms with E-state index < -0.39 is 0 Å². The Labute approximate surface area is 115 Å². The lowest BCUT2D eigenvalue weighted by molar-refractivity contribution is 0.0837. The Morgan fingerprint density at radius 2 is 1.89 bits per heavy atom. The summed E-state index contributed by atoms with van der Waals surface area (Å²) in [4.78, 5) is 0. The maximum Gasteiger partial charge on any atom is 0.0924 e. The van der Waals surface area contributed by atoms with Crippen LogP contribution in [0.25, 0.3) is 0 Å². The molecule has 3 aliphatic rings. The zero-order valence-corrected chi connectivity index (χ0v) is 11.5. The summed E-state index contributed by atoms with van der Waals surface area (Å²) in [6, 6.07) is 0. The number of hydrogen-bond acceptors (Lipinski definition) is 3. The van der Waals surface area contributed by atoms with Gasteiger partial charge in [-0.1, -0.05) is 12.2 Å². The lowest BCUT2D eigenvalue weighted by atomic mass is 9.83. The van der Waals surface area contributed by atoms with Crippen molar-refractivity contribution < 1.29 is 14.6 Å². The molecule has 0 radical (unpaired) electrons. The third-order valence-electron chi connectivity index (χ3n) is 4.87. The molecule has 1 saturated heterocycles. The van der Waals surface area contributed by atoms with Crippen LogP contribution in [0.4, 0.5) is 0 Å². The summed E-state index contributed by atoms with van der Waals surface area (Å²) in [5, 5.41) is 9.40. The quantitative estimate of drug-likeness (QED) is 0.793. The van der Waals surface area contributed by atoms with Gasteiger partial charge >= 0.3 is 0 Å². The molecule has 4 atom stereocenters. The second-order valence-corrected chi connectivity index (χ2v) is 6.12. The molecule has 1 heterocycles. The van der Waals surface area contributed by atoms with Crippen LogP contribution in [0.1, 0.15) is 25.7 Å². The Hall–Kier alpha value is -0.800. The molecule has 1 fully saturated rings. The summed E-state index contributed by atoms with van der Waals surface area (Å²) in [5.41, 5.74) is 0. The highest BCUT2D eigenvalue weighted by Crippen LogP contribution is 2.35. The zero-order valence-electron chi connectivity index (χ0n) is 11.5. The van der Waals surface area contributed by atoms with Gasteiger partial charge in [-0.25, -0.2) is 0 Å². The Morgan fingerprint density at radius 3 is 2.74 bits per heavy atom. The molecule has 3 heteroatoms. The summed E-state index contributed by atoms with van der Waals surface area (Å²) < 4.78 is 11.6. The first-order valence-electron chi connectivity index (χ1n) is 7.52. The number of rotatable bonds is 4. The first-order chi connectivity index (χ1) is 9.36.